The van der Waals surface area contributed by atoms with Crippen LogP contribution in [0.5, 0.6) is 0 Å². The third-order valence-corrected chi connectivity index (χ3v) is 16.9. The van der Waals surface area contributed by atoms with Gasteiger partial charge in [-0.25, -0.2) is 0 Å². The average molecular weight is 767 g/mol. The van der Waals surface area contributed by atoms with E-state index in [4.69, 9.17) is 28.4 Å². The lowest BCUT2D eigenvalue weighted by Gasteiger charge is -2.70. The summed E-state index contributed by atoms with van der Waals surface area (Å²) in [5, 5.41) is 75.2. The van der Waals surface area contributed by atoms with Crippen LogP contribution in [0.15, 0.2) is 11.6 Å². The van der Waals surface area contributed by atoms with E-state index in [-0.39, 0.29) is 46.2 Å². The number of aliphatic hydroxyl groups excluding tert-OH is 6. The molecule has 4 aliphatic heterocycles. The maximum atomic E-state index is 12.3. The zero-order chi connectivity index (χ0) is 39.0. The van der Waals surface area contributed by atoms with E-state index in [1.807, 2.05) is 6.92 Å². The van der Waals surface area contributed by atoms with E-state index in [0.29, 0.717) is 31.0 Å². The largest absolute Gasteiger partial charge is 0.394 e. The van der Waals surface area contributed by atoms with Gasteiger partial charge >= 0.3 is 0 Å². The number of fused-ring (bicyclic) bond motifs is 4. The van der Waals surface area contributed by atoms with Crippen molar-refractivity contribution in [2.45, 2.75) is 166 Å². The molecule has 0 amide bonds. The molecule has 0 aromatic rings. The first-order chi connectivity index (χ1) is 25.3. The van der Waals surface area contributed by atoms with Gasteiger partial charge in [-0.1, -0.05) is 39.3 Å². The molecule has 4 heterocycles. The Hall–Kier alpha value is -0.780. The molecule has 4 saturated heterocycles. The molecular formula is C41H66O13. The summed E-state index contributed by atoms with van der Waals surface area (Å²) < 4.78 is 37.4. The van der Waals surface area contributed by atoms with E-state index in [1.165, 1.54) is 5.57 Å². The van der Waals surface area contributed by atoms with Crippen molar-refractivity contribution in [2.75, 3.05) is 26.4 Å². The van der Waals surface area contributed by atoms with Gasteiger partial charge in [-0.2, -0.15) is 0 Å². The Morgan fingerprint density at radius 2 is 1.54 bits per heavy atom. The van der Waals surface area contributed by atoms with Crippen LogP contribution in [0.25, 0.3) is 0 Å². The fraction of sp³-hybridized carbons (Fsp3) is 0.951. The van der Waals surface area contributed by atoms with E-state index in [1.54, 1.807) is 0 Å². The minimum atomic E-state index is -1.68. The van der Waals surface area contributed by atoms with Crippen LogP contribution in [0.2, 0.25) is 0 Å². The predicted octanol–water partition coefficient (Wildman–Crippen LogP) is 2.00. The van der Waals surface area contributed by atoms with Gasteiger partial charge in [-0.15, -0.1) is 0 Å². The SMILES string of the molecule is CC(C)=C[C@@H]1CO[C@]23C[C@]4(CO2)[C@@H](CC[C@H]2[C@@]5(C)CC[C@H](O[C@@H]6OC[C@H](O)[C@H](O[C@@H]7O[C@H](CO)[C@@H](O)[C@H](O)[C@H]7O)[C@H]6O)C(C)(C)[C@@H]5CC[C@]24C)[C@@H]3[C@@]1(C)O. The van der Waals surface area contributed by atoms with E-state index >= 15 is 0 Å². The molecule has 2 bridgehead atoms. The van der Waals surface area contributed by atoms with E-state index in [9.17, 15) is 35.7 Å². The van der Waals surface area contributed by atoms with Crippen molar-refractivity contribution in [3.63, 3.8) is 0 Å². The molecule has 8 aliphatic rings. The highest BCUT2D eigenvalue weighted by Crippen LogP contribution is 2.80. The minimum absolute atomic E-state index is 0.00497. The second-order valence-corrected chi connectivity index (χ2v) is 20.1. The van der Waals surface area contributed by atoms with Crippen LogP contribution in [0.1, 0.15) is 93.4 Å². The zero-order valence-electron chi connectivity index (χ0n) is 33.1. The third-order valence-electron chi connectivity index (χ3n) is 16.9. The first kappa shape index (κ1) is 40.0. The first-order valence-corrected chi connectivity index (χ1v) is 20.5. The van der Waals surface area contributed by atoms with E-state index in [2.05, 4.69) is 47.6 Å². The van der Waals surface area contributed by atoms with Gasteiger partial charge in [0.15, 0.2) is 18.4 Å². The van der Waals surface area contributed by atoms with Gasteiger partial charge in [-0.05, 0) is 93.3 Å². The Morgan fingerprint density at radius 1 is 0.796 bits per heavy atom. The molecule has 13 heteroatoms. The molecule has 0 unspecified atom stereocenters. The molecule has 13 nitrogen and oxygen atoms in total. The van der Waals surface area contributed by atoms with Crippen LogP contribution in [-0.2, 0) is 28.4 Å². The van der Waals surface area contributed by atoms with Gasteiger partial charge in [0.1, 0.15) is 42.7 Å². The monoisotopic (exact) mass is 766 g/mol. The van der Waals surface area contributed by atoms with Gasteiger partial charge in [0.25, 0.3) is 0 Å². The molecule has 0 aromatic carbocycles. The second kappa shape index (κ2) is 13.4. The van der Waals surface area contributed by atoms with Crippen molar-refractivity contribution < 1.29 is 64.2 Å². The van der Waals surface area contributed by atoms with Crippen molar-refractivity contribution in [2.24, 2.45) is 51.2 Å². The Kier molecular flexibility index (Phi) is 9.91. The maximum Gasteiger partial charge on any atom is 0.187 e. The second-order valence-electron chi connectivity index (χ2n) is 20.1. The first-order valence-electron chi connectivity index (χ1n) is 20.5. The highest BCUT2D eigenvalue weighted by molar-refractivity contribution is 5.27. The van der Waals surface area contributed by atoms with Crippen molar-refractivity contribution in [1.29, 1.82) is 0 Å². The molecule has 8 rings (SSSR count). The van der Waals surface area contributed by atoms with Gasteiger partial charge in [-0.3, -0.25) is 0 Å². The number of ether oxygens (including phenoxy) is 6. The Labute approximate surface area is 319 Å². The standard InChI is InChI=1S/C41H66O13/c1-20(2)14-21-16-50-41-18-40(19-51-41)22(33(41)39(21,7)48)8-9-26-37(5)12-11-27(36(3,4)25(37)10-13-38(26,40)6)53-34-31(47)32(23(43)17-49-34)54-35-30(46)29(45)28(44)24(15-42)52-35/h14,21-35,42-48H,8-13,15-19H2,1-7H3/t21-,22+,23+,24-,25+,26+,27+,28-,29+,30-,31-,32+,33-,34+,35+,37+,38-,39+,40+,41-/m1/s1. The lowest BCUT2D eigenvalue weighted by Crippen LogP contribution is -2.68. The van der Waals surface area contributed by atoms with Crippen LogP contribution in [0.3, 0.4) is 0 Å². The van der Waals surface area contributed by atoms with Crippen LogP contribution < -0.4 is 0 Å². The maximum absolute atomic E-state index is 12.3. The summed E-state index contributed by atoms with van der Waals surface area (Å²) in [6, 6.07) is 0. The van der Waals surface area contributed by atoms with Crippen molar-refractivity contribution in [3.05, 3.63) is 11.6 Å². The van der Waals surface area contributed by atoms with Crippen molar-refractivity contribution in [1.82, 2.24) is 0 Å². The molecule has 0 aromatic heterocycles. The molecule has 2 spiro atoms. The van der Waals surface area contributed by atoms with Crippen LogP contribution in [-0.4, -0.2) is 135 Å². The third kappa shape index (κ3) is 5.50. The highest BCUT2D eigenvalue weighted by Gasteiger charge is 2.81. The summed E-state index contributed by atoms with van der Waals surface area (Å²) in [5.41, 5.74) is -0.0875. The Balaban J connectivity index is 0.993. The normalized spacial score (nSPS) is 57.7. The van der Waals surface area contributed by atoms with Gasteiger partial charge < -0.3 is 64.2 Å². The van der Waals surface area contributed by atoms with Crippen molar-refractivity contribution >= 4 is 0 Å². The topological polar surface area (TPSA) is 197 Å². The Bertz CT molecular complexity index is 1450. The number of rotatable bonds is 6. The summed E-state index contributed by atoms with van der Waals surface area (Å²) in [5.74, 6) is 0.203. The highest BCUT2D eigenvalue weighted by atomic mass is 16.7. The number of aliphatic hydroxyl groups is 7. The molecule has 0 radical (unpaired) electrons. The summed E-state index contributed by atoms with van der Waals surface area (Å²) in [6.45, 7) is 16.1. The Morgan fingerprint density at radius 3 is 2.24 bits per heavy atom. The minimum Gasteiger partial charge on any atom is -0.394 e. The quantitative estimate of drug-likeness (QED) is 0.153. The molecule has 4 aliphatic carbocycles. The van der Waals surface area contributed by atoms with Gasteiger partial charge in [0.2, 0.25) is 0 Å². The van der Waals surface area contributed by atoms with Gasteiger partial charge in [0, 0.05) is 23.7 Å². The van der Waals surface area contributed by atoms with E-state index in [0.717, 1.165) is 44.9 Å². The molecule has 20 atom stereocenters. The van der Waals surface area contributed by atoms with Gasteiger partial charge in [0.05, 0.1) is 38.1 Å². The molecule has 8 fully saturated rings. The lowest BCUT2D eigenvalue weighted by molar-refractivity contribution is -0.358. The summed E-state index contributed by atoms with van der Waals surface area (Å²) >= 11 is 0. The zero-order valence-corrected chi connectivity index (χ0v) is 33.1. The molecule has 54 heavy (non-hydrogen) atoms. The van der Waals surface area contributed by atoms with E-state index < -0.39 is 73.3 Å². The summed E-state index contributed by atoms with van der Waals surface area (Å²) in [6.07, 6.45) is -4.14. The molecule has 308 valence electrons. The summed E-state index contributed by atoms with van der Waals surface area (Å²) in [4.78, 5) is 0. The number of hydrogen-bond acceptors (Lipinski definition) is 13. The fourth-order valence-electron chi connectivity index (χ4n) is 14.3. The molecule has 7 N–H and O–H groups in total. The fourth-order valence-corrected chi connectivity index (χ4v) is 14.3. The lowest BCUT2D eigenvalue weighted by atomic mass is 9.35. The smallest absolute Gasteiger partial charge is 0.187 e. The van der Waals surface area contributed by atoms with Crippen molar-refractivity contribution in [3.8, 4) is 0 Å². The average Bonchev–Trinajstić information content (AvgIpc) is 3.64. The van der Waals surface area contributed by atoms with Crippen LogP contribution in [0.4, 0.5) is 0 Å². The number of hydrogen-bond donors (Lipinski definition) is 7. The molecule has 4 saturated carbocycles. The predicted molar refractivity (Wildman–Crippen MR) is 192 cm³/mol. The molecular weight excluding hydrogens is 700 g/mol. The number of allylic oxidation sites excluding steroid dienone is 1. The van der Waals surface area contributed by atoms with Crippen LogP contribution >= 0.6 is 0 Å². The summed E-state index contributed by atoms with van der Waals surface area (Å²) in [7, 11) is 0. The van der Waals surface area contributed by atoms with Crippen LogP contribution in [0, 0.1) is 51.2 Å².